The molecular formula is C14H12BrNO. The molecule has 1 aromatic heterocycles. The summed E-state index contributed by atoms with van der Waals surface area (Å²) in [5.74, 6) is 0.269. The fourth-order valence-corrected chi connectivity index (χ4v) is 2.55. The molecule has 3 rings (SSSR count). The van der Waals surface area contributed by atoms with Gasteiger partial charge in [-0.1, -0.05) is 28.1 Å². The quantitative estimate of drug-likeness (QED) is 0.847. The lowest BCUT2D eigenvalue weighted by Gasteiger charge is -2.08. The van der Waals surface area contributed by atoms with E-state index in [1.54, 1.807) is 0 Å². The van der Waals surface area contributed by atoms with Crippen molar-refractivity contribution >= 4 is 21.7 Å². The third-order valence-corrected chi connectivity index (χ3v) is 3.71. The molecule has 17 heavy (non-hydrogen) atoms. The van der Waals surface area contributed by atoms with Crippen molar-refractivity contribution in [1.29, 1.82) is 0 Å². The summed E-state index contributed by atoms with van der Waals surface area (Å²) in [6.45, 7) is 0. The summed E-state index contributed by atoms with van der Waals surface area (Å²) in [6.07, 6.45) is 2.63. The fraction of sp³-hybridized carbons (Fsp3) is 0.214. The van der Waals surface area contributed by atoms with E-state index in [-0.39, 0.29) is 5.78 Å². The van der Waals surface area contributed by atoms with E-state index in [0.29, 0.717) is 6.42 Å². The van der Waals surface area contributed by atoms with E-state index in [4.69, 9.17) is 0 Å². The third kappa shape index (κ3) is 1.95. The van der Waals surface area contributed by atoms with Crippen LogP contribution < -0.4 is 0 Å². The van der Waals surface area contributed by atoms with Crippen molar-refractivity contribution in [1.82, 2.24) is 4.98 Å². The molecule has 0 saturated heterocycles. The van der Waals surface area contributed by atoms with E-state index in [1.165, 1.54) is 0 Å². The van der Waals surface area contributed by atoms with Crippen LogP contribution in [0.15, 0.2) is 34.8 Å². The Labute approximate surface area is 108 Å². The molecule has 0 amide bonds. The maximum absolute atomic E-state index is 11.8. The number of nitrogens with one attached hydrogen (secondary N) is 1. The largest absolute Gasteiger partial charge is 0.358 e. The smallest absolute Gasteiger partial charge is 0.164 e. The van der Waals surface area contributed by atoms with E-state index in [0.717, 1.165) is 39.8 Å². The zero-order valence-electron chi connectivity index (χ0n) is 9.29. The third-order valence-electron chi connectivity index (χ3n) is 3.19. The number of hydrogen-bond acceptors (Lipinski definition) is 1. The highest BCUT2D eigenvalue weighted by molar-refractivity contribution is 9.10. The Hall–Kier alpha value is -1.35. The number of aromatic amines is 1. The summed E-state index contributed by atoms with van der Waals surface area (Å²) in [4.78, 5) is 15.1. The van der Waals surface area contributed by atoms with Crippen LogP contribution in [0.25, 0.3) is 11.3 Å². The molecule has 1 N–H and O–H groups in total. The second-order valence-corrected chi connectivity index (χ2v) is 5.27. The Morgan fingerprint density at radius 3 is 2.59 bits per heavy atom. The highest BCUT2D eigenvalue weighted by Crippen LogP contribution is 2.28. The lowest BCUT2D eigenvalue weighted by atomic mass is 9.97. The minimum Gasteiger partial charge on any atom is -0.358 e. The monoisotopic (exact) mass is 289 g/mol. The van der Waals surface area contributed by atoms with Gasteiger partial charge in [0.05, 0.1) is 0 Å². The van der Waals surface area contributed by atoms with Crippen molar-refractivity contribution in [3.05, 3.63) is 46.1 Å². The van der Waals surface area contributed by atoms with Gasteiger partial charge in [0, 0.05) is 27.8 Å². The molecule has 86 valence electrons. The van der Waals surface area contributed by atoms with Gasteiger partial charge < -0.3 is 4.98 Å². The number of hydrogen-bond donors (Lipinski definition) is 1. The van der Waals surface area contributed by atoms with Crippen molar-refractivity contribution in [3.8, 4) is 11.3 Å². The van der Waals surface area contributed by atoms with Gasteiger partial charge in [-0.15, -0.1) is 0 Å². The highest BCUT2D eigenvalue weighted by atomic mass is 79.9. The maximum Gasteiger partial charge on any atom is 0.164 e. The Kier molecular flexibility index (Phi) is 2.63. The van der Waals surface area contributed by atoms with Gasteiger partial charge in [-0.3, -0.25) is 4.79 Å². The number of benzene rings is 1. The number of aromatic nitrogens is 1. The second-order valence-electron chi connectivity index (χ2n) is 4.36. The first kappa shape index (κ1) is 10.8. The van der Waals surface area contributed by atoms with E-state index in [2.05, 4.69) is 20.9 Å². The highest BCUT2D eigenvalue weighted by Gasteiger charge is 2.20. The van der Waals surface area contributed by atoms with E-state index >= 15 is 0 Å². The van der Waals surface area contributed by atoms with Crippen LogP contribution in [-0.4, -0.2) is 10.8 Å². The zero-order valence-corrected chi connectivity index (χ0v) is 10.9. The minimum absolute atomic E-state index is 0.269. The lowest BCUT2D eigenvalue weighted by molar-refractivity contribution is 0.0972. The Morgan fingerprint density at radius 1 is 1.12 bits per heavy atom. The Balaban J connectivity index is 2.05. The van der Waals surface area contributed by atoms with Crippen molar-refractivity contribution < 1.29 is 4.79 Å². The molecule has 3 heteroatoms. The van der Waals surface area contributed by atoms with Crippen molar-refractivity contribution in [2.24, 2.45) is 0 Å². The topological polar surface area (TPSA) is 32.9 Å². The average Bonchev–Trinajstić information content (AvgIpc) is 2.75. The molecule has 0 bridgehead atoms. The molecule has 0 radical (unpaired) electrons. The Bertz CT molecular complexity index is 568. The number of fused-ring (bicyclic) bond motifs is 1. The molecular weight excluding hydrogens is 278 g/mol. The van der Waals surface area contributed by atoms with Crippen molar-refractivity contribution in [2.75, 3.05) is 0 Å². The Morgan fingerprint density at radius 2 is 1.88 bits per heavy atom. The predicted octanol–water partition coefficient (Wildman–Crippen LogP) is 3.96. The molecule has 2 nitrogen and oxygen atoms in total. The van der Waals surface area contributed by atoms with Gasteiger partial charge in [0.1, 0.15) is 0 Å². The van der Waals surface area contributed by atoms with Crippen LogP contribution in [0.2, 0.25) is 0 Å². The molecule has 1 aromatic carbocycles. The van der Waals surface area contributed by atoms with Crippen LogP contribution in [0.5, 0.6) is 0 Å². The summed E-state index contributed by atoms with van der Waals surface area (Å²) < 4.78 is 1.06. The van der Waals surface area contributed by atoms with Crippen LogP contribution in [-0.2, 0) is 6.42 Å². The van der Waals surface area contributed by atoms with Gasteiger partial charge in [-0.25, -0.2) is 0 Å². The number of H-pyrrole nitrogens is 1. The van der Waals surface area contributed by atoms with Crippen LogP contribution in [0, 0.1) is 0 Å². The van der Waals surface area contributed by atoms with Gasteiger partial charge in [0.25, 0.3) is 0 Å². The molecule has 1 aliphatic carbocycles. The number of aryl methyl sites for hydroxylation is 1. The maximum atomic E-state index is 11.8. The second kappa shape index (κ2) is 4.15. The first-order valence-electron chi connectivity index (χ1n) is 5.75. The van der Waals surface area contributed by atoms with Gasteiger partial charge in [0.2, 0.25) is 0 Å². The molecule has 0 spiro atoms. The normalized spacial score (nSPS) is 14.8. The summed E-state index contributed by atoms with van der Waals surface area (Å²) >= 11 is 3.42. The van der Waals surface area contributed by atoms with Crippen LogP contribution in [0.1, 0.15) is 28.9 Å². The average molecular weight is 290 g/mol. The number of halogens is 1. The lowest BCUT2D eigenvalue weighted by Crippen LogP contribution is -2.08. The molecule has 0 aliphatic heterocycles. The summed E-state index contributed by atoms with van der Waals surface area (Å²) in [5, 5.41) is 0. The van der Waals surface area contributed by atoms with Gasteiger partial charge in [-0.05, 0) is 36.6 Å². The molecule has 0 atom stereocenters. The van der Waals surface area contributed by atoms with E-state index in [1.807, 2.05) is 30.3 Å². The predicted molar refractivity (Wildman–Crippen MR) is 71.2 cm³/mol. The minimum atomic E-state index is 0.269. The van der Waals surface area contributed by atoms with Gasteiger partial charge in [0.15, 0.2) is 5.78 Å². The zero-order chi connectivity index (χ0) is 11.8. The SMILES string of the molecule is O=C1CCCc2[nH]c(-c3ccc(Br)cc3)cc21. The van der Waals surface area contributed by atoms with Crippen molar-refractivity contribution in [2.45, 2.75) is 19.3 Å². The standard InChI is InChI=1S/C14H12BrNO/c15-10-6-4-9(5-7-10)13-8-11-12(16-13)2-1-3-14(11)17/h4-8,16H,1-3H2. The molecule has 0 unspecified atom stereocenters. The first-order valence-corrected chi connectivity index (χ1v) is 6.54. The molecule has 0 fully saturated rings. The van der Waals surface area contributed by atoms with Gasteiger partial charge in [-0.2, -0.15) is 0 Å². The number of carbonyl (C=O) groups is 1. The molecule has 1 aliphatic rings. The van der Waals surface area contributed by atoms with Crippen LogP contribution in [0.3, 0.4) is 0 Å². The van der Waals surface area contributed by atoms with Crippen LogP contribution in [0.4, 0.5) is 0 Å². The number of carbonyl (C=O) groups excluding carboxylic acids is 1. The molecule has 2 aromatic rings. The van der Waals surface area contributed by atoms with Crippen LogP contribution >= 0.6 is 15.9 Å². The van der Waals surface area contributed by atoms with E-state index in [9.17, 15) is 4.79 Å². The number of ketones is 1. The summed E-state index contributed by atoms with van der Waals surface area (Å²) in [7, 11) is 0. The van der Waals surface area contributed by atoms with Gasteiger partial charge >= 0.3 is 0 Å². The summed E-state index contributed by atoms with van der Waals surface area (Å²) in [6, 6.07) is 10.1. The van der Waals surface area contributed by atoms with Crippen molar-refractivity contribution in [3.63, 3.8) is 0 Å². The fourth-order valence-electron chi connectivity index (χ4n) is 2.29. The number of Topliss-reactive ketones (excluding diaryl/α,β-unsaturated/α-hetero) is 1. The number of rotatable bonds is 1. The molecule has 0 saturated carbocycles. The van der Waals surface area contributed by atoms with E-state index < -0.39 is 0 Å². The first-order chi connectivity index (χ1) is 8.24. The molecule has 1 heterocycles. The summed E-state index contributed by atoms with van der Waals surface area (Å²) in [5.41, 5.74) is 4.14.